The van der Waals surface area contributed by atoms with Gasteiger partial charge in [-0.2, -0.15) is 0 Å². The summed E-state index contributed by atoms with van der Waals surface area (Å²) in [5.74, 6) is 0.495. The Morgan fingerprint density at radius 3 is 2.36 bits per heavy atom. The van der Waals surface area contributed by atoms with Crippen LogP contribution in [0.25, 0.3) is 0 Å². The molecular weight excluding hydrogens is 143 g/mol. The zero-order valence-corrected chi connectivity index (χ0v) is 6.57. The first-order valence-corrected chi connectivity index (χ1v) is 4.10. The van der Waals surface area contributed by atoms with E-state index in [1.54, 1.807) is 0 Å². The third-order valence-corrected chi connectivity index (χ3v) is 3.56. The minimum Gasteiger partial charge on any atom is -0.396 e. The average Bonchev–Trinajstić information content (AvgIpc) is 2.71. The van der Waals surface area contributed by atoms with E-state index in [2.05, 4.69) is 0 Å². The van der Waals surface area contributed by atoms with Crippen LogP contribution in [-0.2, 0) is 0 Å². The van der Waals surface area contributed by atoms with Gasteiger partial charge in [-0.3, -0.25) is 0 Å². The first-order valence-electron chi connectivity index (χ1n) is 4.10. The van der Waals surface area contributed by atoms with Gasteiger partial charge in [-0.05, 0) is 18.2 Å². The van der Waals surface area contributed by atoms with Crippen molar-refractivity contribution in [3.63, 3.8) is 0 Å². The Hall–Kier alpha value is -0.0551. The van der Waals surface area contributed by atoms with Gasteiger partial charge in [0.05, 0.1) is 18.8 Å². The lowest BCUT2D eigenvalue weighted by atomic mass is 9.81. The summed E-state index contributed by atoms with van der Waals surface area (Å²) >= 11 is 0. The van der Waals surface area contributed by atoms with Gasteiger partial charge >= 0.3 is 0 Å². The van der Waals surface area contributed by atoms with Crippen LogP contribution in [0.5, 0.6) is 0 Å². The van der Waals surface area contributed by atoms with Crippen LogP contribution in [0.1, 0.15) is 6.42 Å². The van der Waals surface area contributed by atoms with Crippen molar-refractivity contribution in [2.45, 2.75) is 24.4 Å². The van der Waals surface area contributed by atoms with Gasteiger partial charge in [0, 0.05) is 5.41 Å². The fourth-order valence-corrected chi connectivity index (χ4v) is 2.54. The van der Waals surface area contributed by atoms with E-state index >= 15 is 0 Å². The third-order valence-electron chi connectivity index (χ3n) is 3.56. The van der Waals surface area contributed by atoms with Crippen molar-refractivity contribution in [2.24, 2.45) is 11.3 Å². The molecule has 62 valence electrons. The Morgan fingerprint density at radius 1 is 1.45 bits per heavy atom. The smallest absolute Gasteiger partial charge is 0.109 e. The van der Waals surface area contributed by atoms with Crippen LogP contribution in [-0.4, -0.2) is 42.0 Å². The van der Waals surface area contributed by atoms with Gasteiger partial charge in [0.2, 0.25) is 0 Å². The van der Waals surface area contributed by atoms with Crippen LogP contribution in [0.15, 0.2) is 0 Å². The molecule has 0 heterocycles. The van der Waals surface area contributed by atoms with Crippen LogP contribution >= 0.6 is 0 Å². The van der Waals surface area contributed by atoms with Crippen molar-refractivity contribution in [1.29, 1.82) is 0 Å². The molecule has 2 aliphatic carbocycles. The highest BCUT2D eigenvalue weighted by atomic mass is 16.3. The maximum Gasteiger partial charge on any atom is 0.109 e. The second kappa shape index (κ2) is 2.00. The van der Waals surface area contributed by atoms with Crippen LogP contribution in [0.2, 0.25) is 5.82 Å². The zero-order valence-electron chi connectivity index (χ0n) is 6.57. The van der Waals surface area contributed by atoms with Crippen LogP contribution in [0.3, 0.4) is 0 Å². The molecule has 2 aliphatic rings. The highest BCUT2D eigenvalue weighted by molar-refractivity contribution is 6.13. The minimum absolute atomic E-state index is 0.0141. The predicted octanol–water partition coefficient (Wildman–Crippen LogP) is -1.86. The highest BCUT2D eigenvalue weighted by Crippen LogP contribution is 2.67. The molecule has 4 heteroatoms. The molecule has 3 N–H and O–H groups in total. The maximum atomic E-state index is 9.52. The molecule has 5 atom stereocenters. The lowest BCUT2D eigenvalue weighted by Gasteiger charge is -2.20. The van der Waals surface area contributed by atoms with Gasteiger partial charge in [-0.15, -0.1) is 0 Å². The van der Waals surface area contributed by atoms with Crippen LogP contribution < -0.4 is 0 Å². The summed E-state index contributed by atoms with van der Waals surface area (Å²) in [6.45, 7) is 0.0141. The maximum absolute atomic E-state index is 9.52. The molecule has 3 nitrogen and oxygen atoms in total. The Morgan fingerprint density at radius 2 is 2.09 bits per heavy atom. The zero-order chi connectivity index (χ0) is 8.22. The van der Waals surface area contributed by atoms with Gasteiger partial charge in [0.15, 0.2) is 0 Å². The number of hydrogen-bond donors (Lipinski definition) is 3. The summed E-state index contributed by atoms with van der Waals surface area (Å²) in [4.78, 5) is 0. The minimum atomic E-state index is -0.701. The first kappa shape index (κ1) is 7.59. The molecule has 2 saturated carbocycles. The molecule has 0 bridgehead atoms. The van der Waals surface area contributed by atoms with Crippen molar-refractivity contribution in [1.82, 2.24) is 0 Å². The van der Waals surface area contributed by atoms with Crippen LogP contribution in [0, 0.1) is 11.3 Å². The molecule has 0 saturated heterocycles. The van der Waals surface area contributed by atoms with E-state index in [-0.39, 0.29) is 17.8 Å². The van der Waals surface area contributed by atoms with Crippen molar-refractivity contribution in [3.8, 4) is 0 Å². The van der Waals surface area contributed by atoms with Gasteiger partial charge in [-0.1, -0.05) is 0 Å². The number of aliphatic hydroxyl groups is 3. The first-order chi connectivity index (χ1) is 5.13. The topological polar surface area (TPSA) is 60.7 Å². The number of rotatable bonds is 1. The summed E-state index contributed by atoms with van der Waals surface area (Å²) < 4.78 is 0. The summed E-state index contributed by atoms with van der Waals surface area (Å²) in [7, 11) is 1.93. The molecule has 0 aliphatic heterocycles. The van der Waals surface area contributed by atoms with E-state index in [1.807, 2.05) is 7.85 Å². The summed E-state index contributed by atoms with van der Waals surface area (Å²) in [5, 5.41) is 27.9. The number of aliphatic hydroxyl groups excluding tert-OH is 3. The van der Waals surface area contributed by atoms with Gasteiger partial charge in [0.25, 0.3) is 0 Å². The lowest BCUT2D eigenvalue weighted by Crippen LogP contribution is -2.33. The second-order valence-corrected chi connectivity index (χ2v) is 4.00. The third kappa shape index (κ3) is 0.700. The predicted molar refractivity (Wildman–Crippen MR) is 41.9 cm³/mol. The number of hydrogen-bond acceptors (Lipinski definition) is 3. The largest absolute Gasteiger partial charge is 0.396 e. The Balaban J connectivity index is 2.21. The molecule has 11 heavy (non-hydrogen) atoms. The lowest BCUT2D eigenvalue weighted by molar-refractivity contribution is -0.0181. The van der Waals surface area contributed by atoms with Gasteiger partial charge in [0.1, 0.15) is 7.85 Å². The fourth-order valence-electron chi connectivity index (χ4n) is 2.54. The summed E-state index contributed by atoms with van der Waals surface area (Å²) in [6, 6.07) is 0. The van der Waals surface area contributed by atoms with E-state index in [0.717, 1.165) is 6.42 Å². The van der Waals surface area contributed by atoms with Gasteiger partial charge in [-0.25, -0.2) is 0 Å². The molecule has 2 fully saturated rings. The Bertz CT molecular complexity index is 185. The molecular formula is C7H13BO3. The van der Waals surface area contributed by atoms with Crippen molar-refractivity contribution >= 4 is 7.85 Å². The Labute approximate surface area is 66.5 Å². The van der Waals surface area contributed by atoms with Crippen LogP contribution in [0.4, 0.5) is 0 Å². The molecule has 0 aromatic rings. The average molecular weight is 156 g/mol. The molecule has 0 spiro atoms. The van der Waals surface area contributed by atoms with Crippen molar-refractivity contribution in [2.75, 3.05) is 6.61 Å². The molecule has 0 aromatic carbocycles. The van der Waals surface area contributed by atoms with Gasteiger partial charge < -0.3 is 15.3 Å². The van der Waals surface area contributed by atoms with E-state index in [4.69, 9.17) is 5.11 Å². The van der Waals surface area contributed by atoms with Crippen molar-refractivity contribution < 1.29 is 15.3 Å². The quantitative estimate of drug-likeness (QED) is 0.390. The molecule has 0 radical (unpaired) electrons. The van der Waals surface area contributed by atoms with Crippen molar-refractivity contribution in [3.05, 3.63) is 0 Å². The van der Waals surface area contributed by atoms with E-state index < -0.39 is 12.2 Å². The fraction of sp³-hybridized carbons (Fsp3) is 1.00. The summed E-state index contributed by atoms with van der Waals surface area (Å²) in [6.07, 6.45) is -0.448. The molecule has 2 rings (SSSR count). The molecule has 0 amide bonds. The van der Waals surface area contributed by atoms with E-state index in [0.29, 0.717) is 5.92 Å². The van der Waals surface area contributed by atoms with E-state index in [9.17, 15) is 10.2 Å². The summed E-state index contributed by atoms with van der Waals surface area (Å²) in [5.41, 5.74) is -0.334. The normalized spacial score (nSPS) is 61.0. The monoisotopic (exact) mass is 156 g/mol. The SMILES string of the molecule is BC1C(O)C(O)C2(CO)CC12. The standard InChI is InChI=1S/C7H13BO3/c8-4-3-1-7(3,2-9)6(11)5(4)10/h3-6,9-11H,1-2,8H2. The van der Waals surface area contributed by atoms with E-state index in [1.165, 1.54) is 0 Å². The number of fused-ring (bicyclic) bond motifs is 1. The second-order valence-electron chi connectivity index (χ2n) is 4.00. The Kier molecular flexibility index (Phi) is 1.38. The molecule has 0 aromatic heterocycles. The molecule has 5 unspecified atom stereocenters. The highest BCUT2D eigenvalue weighted by Gasteiger charge is 2.68.